The van der Waals surface area contributed by atoms with Gasteiger partial charge in [-0.05, 0) is 36.6 Å². The molecule has 0 unspecified atom stereocenters. The summed E-state index contributed by atoms with van der Waals surface area (Å²) >= 11 is 5.85. The molecule has 0 amide bonds. The summed E-state index contributed by atoms with van der Waals surface area (Å²) in [6.07, 6.45) is 0.844. The second-order valence-corrected chi connectivity index (χ2v) is 3.81. The van der Waals surface area contributed by atoms with Gasteiger partial charge in [0.05, 0.1) is 13.2 Å². The number of ether oxygens (including phenoxy) is 1. The van der Waals surface area contributed by atoms with Gasteiger partial charge in [0, 0.05) is 11.4 Å². The van der Waals surface area contributed by atoms with Gasteiger partial charge in [0.15, 0.2) is 0 Å². The zero-order valence-corrected chi connectivity index (χ0v) is 9.96. The van der Waals surface area contributed by atoms with E-state index in [1.165, 1.54) is 0 Å². The molecular formula is C12H15ClO3. The maximum Gasteiger partial charge on any atom is 0.306 e. The van der Waals surface area contributed by atoms with Gasteiger partial charge in [-0.25, -0.2) is 0 Å². The van der Waals surface area contributed by atoms with Crippen LogP contribution >= 0.6 is 11.6 Å². The predicted molar refractivity (Wildman–Crippen MR) is 62.3 cm³/mol. The molecule has 0 fully saturated rings. The van der Waals surface area contributed by atoms with E-state index in [0.717, 1.165) is 11.1 Å². The SMILES string of the molecule is CCOC(=O)CCc1cc(Cl)ccc1CO. The molecule has 1 aromatic rings. The Morgan fingerprint density at radius 1 is 1.44 bits per heavy atom. The lowest BCUT2D eigenvalue weighted by Crippen LogP contribution is -2.06. The zero-order valence-electron chi connectivity index (χ0n) is 9.20. The van der Waals surface area contributed by atoms with Crippen molar-refractivity contribution in [1.29, 1.82) is 0 Å². The van der Waals surface area contributed by atoms with E-state index in [-0.39, 0.29) is 12.6 Å². The summed E-state index contributed by atoms with van der Waals surface area (Å²) in [5, 5.41) is 9.73. The van der Waals surface area contributed by atoms with Gasteiger partial charge in [0.2, 0.25) is 0 Å². The van der Waals surface area contributed by atoms with E-state index in [2.05, 4.69) is 0 Å². The maximum absolute atomic E-state index is 11.2. The number of rotatable bonds is 5. The monoisotopic (exact) mass is 242 g/mol. The van der Waals surface area contributed by atoms with Crippen LogP contribution in [-0.2, 0) is 22.6 Å². The van der Waals surface area contributed by atoms with Gasteiger partial charge in [-0.1, -0.05) is 17.7 Å². The predicted octanol–water partition coefficient (Wildman–Crippen LogP) is 2.33. The minimum absolute atomic E-state index is 0.0463. The first kappa shape index (κ1) is 13.0. The Hall–Kier alpha value is -1.06. The van der Waals surface area contributed by atoms with Crippen LogP contribution in [0.5, 0.6) is 0 Å². The van der Waals surface area contributed by atoms with E-state index in [4.69, 9.17) is 21.4 Å². The van der Waals surface area contributed by atoms with Crippen molar-refractivity contribution in [2.45, 2.75) is 26.4 Å². The van der Waals surface area contributed by atoms with Crippen LogP contribution in [0.4, 0.5) is 0 Å². The number of carbonyl (C=O) groups is 1. The molecule has 0 saturated carbocycles. The number of halogens is 1. The Morgan fingerprint density at radius 3 is 2.81 bits per heavy atom. The van der Waals surface area contributed by atoms with Crippen LogP contribution in [0.1, 0.15) is 24.5 Å². The van der Waals surface area contributed by atoms with Crippen molar-refractivity contribution in [2.24, 2.45) is 0 Å². The van der Waals surface area contributed by atoms with E-state index in [1.807, 2.05) is 0 Å². The molecule has 1 aromatic carbocycles. The van der Waals surface area contributed by atoms with Crippen molar-refractivity contribution in [3.8, 4) is 0 Å². The molecule has 0 aromatic heterocycles. The van der Waals surface area contributed by atoms with Gasteiger partial charge in [-0.3, -0.25) is 4.79 Å². The fourth-order valence-electron chi connectivity index (χ4n) is 1.45. The van der Waals surface area contributed by atoms with E-state index in [0.29, 0.717) is 24.5 Å². The first-order valence-electron chi connectivity index (χ1n) is 5.21. The number of esters is 1. The molecule has 4 heteroatoms. The highest BCUT2D eigenvalue weighted by Gasteiger charge is 2.07. The largest absolute Gasteiger partial charge is 0.466 e. The lowest BCUT2D eigenvalue weighted by Gasteiger charge is -2.07. The van der Waals surface area contributed by atoms with Crippen LogP contribution in [-0.4, -0.2) is 17.7 Å². The molecule has 0 atom stereocenters. The number of aliphatic hydroxyl groups excluding tert-OH is 1. The zero-order chi connectivity index (χ0) is 12.0. The molecule has 0 aliphatic heterocycles. The third-order valence-electron chi connectivity index (χ3n) is 2.24. The lowest BCUT2D eigenvalue weighted by atomic mass is 10.0. The quantitative estimate of drug-likeness (QED) is 0.807. The number of aliphatic hydroxyl groups is 1. The van der Waals surface area contributed by atoms with Gasteiger partial charge in [0.25, 0.3) is 0 Å². The molecule has 3 nitrogen and oxygen atoms in total. The number of carbonyl (C=O) groups excluding carboxylic acids is 1. The van der Waals surface area contributed by atoms with Gasteiger partial charge in [0.1, 0.15) is 0 Å². The molecule has 1 rings (SSSR count). The van der Waals surface area contributed by atoms with Crippen molar-refractivity contribution < 1.29 is 14.6 Å². The van der Waals surface area contributed by atoms with Crippen LogP contribution in [0.25, 0.3) is 0 Å². The molecule has 0 saturated heterocycles. The first-order chi connectivity index (χ1) is 7.67. The summed E-state index contributed by atoms with van der Waals surface area (Å²) in [7, 11) is 0. The molecule has 1 N–H and O–H groups in total. The Kier molecular flexibility index (Phi) is 5.29. The van der Waals surface area contributed by atoms with Crippen LogP contribution in [0.15, 0.2) is 18.2 Å². The third kappa shape index (κ3) is 3.83. The Balaban J connectivity index is 2.65. The van der Waals surface area contributed by atoms with Crippen molar-refractivity contribution in [2.75, 3.05) is 6.61 Å². The van der Waals surface area contributed by atoms with E-state index >= 15 is 0 Å². The average molecular weight is 243 g/mol. The number of aryl methyl sites for hydroxylation is 1. The van der Waals surface area contributed by atoms with E-state index < -0.39 is 0 Å². The topological polar surface area (TPSA) is 46.5 Å². The summed E-state index contributed by atoms with van der Waals surface area (Å²) in [5.74, 6) is -0.230. The molecule has 0 bridgehead atoms. The number of benzene rings is 1. The second-order valence-electron chi connectivity index (χ2n) is 3.38. The first-order valence-corrected chi connectivity index (χ1v) is 5.59. The van der Waals surface area contributed by atoms with Crippen molar-refractivity contribution in [3.63, 3.8) is 0 Å². The summed E-state index contributed by atoms with van der Waals surface area (Å²) < 4.78 is 4.83. The summed E-state index contributed by atoms with van der Waals surface area (Å²) in [6.45, 7) is 2.12. The highest BCUT2D eigenvalue weighted by Crippen LogP contribution is 2.17. The van der Waals surface area contributed by atoms with Crippen LogP contribution < -0.4 is 0 Å². The molecular weight excluding hydrogens is 228 g/mol. The molecule has 16 heavy (non-hydrogen) atoms. The van der Waals surface area contributed by atoms with Gasteiger partial charge < -0.3 is 9.84 Å². The summed E-state index contributed by atoms with van der Waals surface area (Å²) in [4.78, 5) is 11.2. The highest BCUT2D eigenvalue weighted by molar-refractivity contribution is 6.30. The van der Waals surface area contributed by atoms with Crippen molar-refractivity contribution in [1.82, 2.24) is 0 Å². The average Bonchev–Trinajstić information content (AvgIpc) is 2.27. The van der Waals surface area contributed by atoms with Gasteiger partial charge in [-0.15, -0.1) is 0 Å². The summed E-state index contributed by atoms with van der Waals surface area (Å²) in [5.41, 5.74) is 1.69. The fraction of sp³-hybridized carbons (Fsp3) is 0.417. The number of hydrogen-bond acceptors (Lipinski definition) is 3. The molecule has 0 spiro atoms. The fourth-order valence-corrected chi connectivity index (χ4v) is 1.65. The Bertz CT molecular complexity index is 363. The van der Waals surface area contributed by atoms with E-state index in [9.17, 15) is 4.79 Å². The van der Waals surface area contributed by atoms with Crippen molar-refractivity contribution in [3.05, 3.63) is 34.3 Å². The highest BCUT2D eigenvalue weighted by atomic mass is 35.5. The van der Waals surface area contributed by atoms with Crippen LogP contribution in [0, 0.1) is 0 Å². The molecule has 88 valence electrons. The Labute approximate surface area is 100.0 Å². The minimum atomic E-state index is -0.230. The normalized spacial score (nSPS) is 10.2. The van der Waals surface area contributed by atoms with E-state index in [1.54, 1.807) is 25.1 Å². The Morgan fingerprint density at radius 2 is 2.19 bits per heavy atom. The second kappa shape index (κ2) is 6.51. The molecule has 0 radical (unpaired) electrons. The minimum Gasteiger partial charge on any atom is -0.466 e. The number of hydrogen-bond donors (Lipinski definition) is 1. The molecule has 0 aliphatic rings. The van der Waals surface area contributed by atoms with Crippen LogP contribution in [0.2, 0.25) is 5.02 Å². The smallest absolute Gasteiger partial charge is 0.306 e. The lowest BCUT2D eigenvalue weighted by molar-refractivity contribution is -0.143. The van der Waals surface area contributed by atoms with Gasteiger partial charge >= 0.3 is 5.97 Å². The molecule has 0 heterocycles. The summed E-state index contributed by atoms with van der Waals surface area (Å²) in [6, 6.07) is 5.26. The van der Waals surface area contributed by atoms with Crippen molar-refractivity contribution >= 4 is 17.6 Å². The van der Waals surface area contributed by atoms with Crippen LogP contribution in [0.3, 0.4) is 0 Å². The van der Waals surface area contributed by atoms with Gasteiger partial charge in [-0.2, -0.15) is 0 Å². The third-order valence-corrected chi connectivity index (χ3v) is 2.48. The standard InChI is InChI=1S/C12H15ClO3/c1-2-16-12(15)6-4-9-7-11(13)5-3-10(9)8-14/h3,5,7,14H,2,4,6,8H2,1H3. The molecule has 0 aliphatic carbocycles. The maximum atomic E-state index is 11.2.